The van der Waals surface area contributed by atoms with Crippen LogP contribution in [0.5, 0.6) is 5.75 Å². The van der Waals surface area contributed by atoms with Crippen molar-refractivity contribution in [2.45, 2.75) is 19.9 Å². The Morgan fingerprint density at radius 1 is 1.28 bits per heavy atom. The first-order chi connectivity index (χ1) is 11.8. The van der Waals surface area contributed by atoms with Crippen LogP contribution in [-0.4, -0.2) is 38.2 Å². The van der Waals surface area contributed by atoms with Crippen molar-refractivity contribution in [2.75, 3.05) is 22.5 Å². The zero-order chi connectivity index (χ0) is 18.4. The van der Waals surface area contributed by atoms with E-state index in [0.29, 0.717) is 23.7 Å². The smallest absolute Gasteiger partial charge is 0.248 e. The SMILES string of the molecule is CCOc1ccc(N([C@@H](C)C(=O)Nc2cccnc2)S(C)(=O)=O)cc1. The van der Waals surface area contributed by atoms with E-state index in [9.17, 15) is 13.2 Å². The van der Waals surface area contributed by atoms with Crippen molar-refractivity contribution in [2.24, 2.45) is 0 Å². The second-order valence-corrected chi connectivity index (χ2v) is 7.25. The fourth-order valence-corrected chi connectivity index (χ4v) is 3.52. The predicted octanol–water partition coefficient (Wildman–Crippen LogP) is 2.27. The van der Waals surface area contributed by atoms with Crippen molar-refractivity contribution >= 4 is 27.3 Å². The standard InChI is InChI=1S/C17H21N3O4S/c1-4-24-16-9-7-15(8-10-16)20(25(3,22)23)13(2)17(21)19-14-6-5-11-18-12-14/h5-13H,4H2,1-3H3,(H,19,21)/t13-/m0/s1. The highest BCUT2D eigenvalue weighted by atomic mass is 32.2. The molecule has 0 saturated carbocycles. The summed E-state index contributed by atoms with van der Waals surface area (Å²) >= 11 is 0. The third kappa shape index (κ3) is 4.93. The number of benzene rings is 1. The van der Waals surface area contributed by atoms with Gasteiger partial charge in [-0.1, -0.05) is 0 Å². The Hall–Kier alpha value is -2.61. The molecular weight excluding hydrogens is 342 g/mol. The minimum absolute atomic E-state index is 0.389. The lowest BCUT2D eigenvalue weighted by Gasteiger charge is -2.28. The number of anilines is 2. The summed E-state index contributed by atoms with van der Waals surface area (Å²) in [5.41, 5.74) is 0.888. The molecule has 0 unspecified atom stereocenters. The first-order valence-electron chi connectivity index (χ1n) is 7.76. The summed E-state index contributed by atoms with van der Waals surface area (Å²) in [5, 5.41) is 2.66. The minimum Gasteiger partial charge on any atom is -0.494 e. The Labute approximate surface area is 147 Å². The molecule has 1 N–H and O–H groups in total. The number of nitrogens with one attached hydrogen (secondary N) is 1. The average Bonchev–Trinajstić information content (AvgIpc) is 2.56. The number of hydrogen-bond acceptors (Lipinski definition) is 5. The molecule has 1 aromatic carbocycles. The van der Waals surface area contributed by atoms with Crippen LogP contribution in [0.15, 0.2) is 48.8 Å². The molecule has 134 valence electrons. The van der Waals surface area contributed by atoms with E-state index in [4.69, 9.17) is 4.74 Å². The van der Waals surface area contributed by atoms with Gasteiger partial charge in [0, 0.05) is 6.20 Å². The Morgan fingerprint density at radius 3 is 2.48 bits per heavy atom. The third-order valence-electron chi connectivity index (χ3n) is 3.42. The van der Waals surface area contributed by atoms with Crippen LogP contribution in [0.3, 0.4) is 0 Å². The Kier molecular flexibility index (Phi) is 5.97. The summed E-state index contributed by atoms with van der Waals surface area (Å²) in [7, 11) is -3.66. The molecule has 0 saturated heterocycles. The van der Waals surface area contributed by atoms with Gasteiger partial charge < -0.3 is 10.1 Å². The van der Waals surface area contributed by atoms with Gasteiger partial charge in [-0.15, -0.1) is 0 Å². The molecule has 7 nitrogen and oxygen atoms in total. The zero-order valence-corrected chi connectivity index (χ0v) is 15.2. The minimum atomic E-state index is -3.66. The van der Waals surface area contributed by atoms with Gasteiger partial charge in [0.25, 0.3) is 0 Å². The number of aromatic nitrogens is 1. The van der Waals surface area contributed by atoms with Crippen molar-refractivity contribution in [1.82, 2.24) is 4.98 Å². The highest BCUT2D eigenvalue weighted by Gasteiger charge is 2.29. The van der Waals surface area contributed by atoms with Crippen molar-refractivity contribution in [1.29, 1.82) is 0 Å². The summed E-state index contributed by atoms with van der Waals surface area (Å²) < 4.78 is 30.9. The molecule has 0 aliphatic carbocycles. The topological polar surface area (TPSA) is 88.6 Å². The van der Waals surface area contributed by atoms with Gasteiger partial charge in [-0.25, -0.2) is 8.42 Å². The summed E-state index contributed by atoms with van der Waals surface area (Å²) in [6.07, 6.45) is 4.14. The highest BCUT2D eigenvalue weighted by molar-refractivity contribution is 7.92. The molecule has 8 heteroatoms. The van der Waals surface area contributed by atoms with E-state index in [1.54, 1.807) is 42.6 Å². The Balaban J connectivity index is 2.26. The van der Waals surface area contributed by atoms with Crippen molar-refractivity contribution in [3.05, 3.63) is 48.8 Å². The monoisotopic (exact) mass is 363 g/mol. The number of pyridine rings is 1. The van der Waals surface area contributed by atoms with Crippen molar-refractivity contribution in [3.8, 4) is 5.75 Å². The number of hydrogen-bond donors (Lipinski definition) is 1. The molecular formula is C17H21N3O4S. The van der Waals surface area contributed by atoms with Crippen LogP contribution in [-0.2, 0) is 14.8 Å². The Bertz CT molecular complexity index is 808. The van der Waals surface area contributed by atoms with E-state index >= 15 is 0 Å². The largest absolute Gasteiger partial charge is 0.494 e. The summed E-state index contributed by atoms with van der Waals surface area (Å²) in [4.78, 5) is 16.4. The van der Waals surface area contributed by atoms with Crippen LogP contribution in [0, 0.1) is 0 Å². The fourth-order valence-electron chi connectivity index (χ4n) is 2.35. The normalized spacial score (nSPS) is 12.3. The van der Waals surface area contributed by atoms with Gasteiger partial charge in [0.05, 0.1) is 30.4 Å². The molecule has 0 spiro atoms. The van der Waals surface area contributed by atoms with E-state index in [1.165, 1.54) is 13.1 Å². The van der Waals surface area contributed by atoms with Crippen LogP contribution in [0.25, 0.3) is 0 Å². The maximum absolute atomic E-state index is 12.5. The van der Waals surface area contributed by atoms with E-state index in [0.717, 1.165) is 10.6 Å². The number of nitrogens with zero attached hydrogens (tertiary/aromatic N) is 2. The number of carbonyl (C=O) groups excluding carboxylic acids is 1. The molecule has 1 aromatic heterocycles. The zero-order valence-electron chi connectivity index (χ0n) is 14.3. The number of ether oxygens (including phenoxy) is 1. The van der Waals surface area contributed by atoms with Crippen LogP contribution in [0.4, 0.5) is 11.4 Å². The third-order valence-corrected chi connectivity index (χ3v) is 4.66. The molecule has 0 fully saturated rings. The lowest BCUT2D eigenvalue weighted by molar-refractivity contribution is -0.116. The van der Waals surface area contributed by atoms with Crippen molar-refractivity contribution in [3.63, 3.8) is 0 Å². The van der Waals surface area contributed by atoms with E-state index in [1.807, 2.05) is 6.92 Å². The molecule has 0 bridgehead atoms. The van der Waals surface area contributed by atoms with Crippen LogP contribution < -0.4 is 14.4 Å². The molecule has 0 aliphatic rings. The van der Waals surface area contributed by atoms with Gasteiger partial charge in [0.2, 0.25) is 15.9 Å². The van der Waals surface area contributed by atoms with E-state index in [-0.39, 0.29) is 0 Å². The van der Waals surface area contributed by atoms with Gasteiger partial charge >= 0.3 is 0 Å². The van der Waals surface area contributed by atoms with Crippen LogP contribution >= 0.6 is 0 Å². The first kappa shape index (κ1) is 18.7. The quantitative estimate of drug-likeness (QED) is 0.815. The molecule has 1 heterocycles. The number of rotatable bonds is 7. The van der Waals surface area contributed by atoms with Gasteiger partial charge in [0.1, 0.15) is 11.8 Å². The van der Waals surface area contributed by atoms with Gasteiger partial charge in [-0.3, -0.25) is 14.1 Å². The van der Waals surface area contributed by atoms with Crippen LogP contribution in [0.2, 0.25) is 0 Å². The molecule has 1 atom stereocenters. The molecule has 0 radical (unpaired) electrons. The van der Waals surface area contributed by atoms with Crippen molar-refractivity contribution < 1.29 is 17.9 Å². The molecule has 25 heavy (non-hydrogen) atoms. The molecule has 1 amide bonds. The maximum Gasteiger partial charge on any atom is 0.248 e. The summed E-state index contributed by atoms with van der Waals surface area (Å²) in [6, 6.07) is 8.99. The lowest BCUT2D eigenvalue weighted by Crippen LogP contribution is -2.45. The number of carbonyl (C=O) groups is 1. The van der Waals surface area contributed by atoms with Gasteiger partial charge in [-0.05, 0) is 50.2 Å². The Morgan fingerprint density at radius 2 is 1.96 bits per heavy atom. The van der Waals surface area contributed by atoms with Gasteiger partial charge in [-0.2, -0.15) is 0 Å². The van der Waals surface area contributed by atoms with Gasteiger partial charge in [0.15, 0.2) is 0 Å². The second-order valence-electron chi connectivity index (χ2n) is 5.39. The van der Waals surface area contributed by atoms with E-state index in [2.05, 4.69) is 10.3 Å². The lowest BCUT2D eigenvalue weighted by atomic mass is 10.2. The second kappa shape index (κ2) is 7.98. The van der Waals surface area contributed by atoms with Crippen LogP contribution in [0.1, 0.15) is 13.8 Å². The number of sulfonamides is 1. The highest BCUT2D eigenvalue weighted by Crippen LogP contribution is 2.24. The molecule has 0 aliphatic heterocycles. The molecule has 2 rings (SSSR count). The number of amides is 1. The van der Waals surface area contributed by atoms with E-state index < -0.39 is 22.0 Å². The summed E-state index contributed by atoms with van der Waals surface area (Å²) in [6.45, 7) is 3.91. The predicted molar refractivity (Wildman–Crippen MR) is 97.3 cm³/mol. The molecule has 2 aromatic rings. The average molecular weight is 363 g/mol. The summed E-state index contributed by atoms with van der Waals surface area (Å²) in [5.74, 6) is 0.180. The first-order valence-corrected chi connectivity index (χ1v) is 9.61. The maximum atomic E-state index is 12.5. The fraction of sp³-hybridized carbons (Fsp3) is 0.294.